The fraction of sp³-hybridized carbons (Fsp3) is 0.526. The van der Waals surface area contributed by atoms with Gasteiger partial charge in [0.2, 0.25) is 5.91 Å². The Labute approximate surface area is 148 Å². The molecule has 25 heavy (non-hydrogen) atoms. The molecular weight excluding hydrogens is 320 g/mol. The van der Waals surface area contributed by atoms with E-state index in [0.29, 0.717) is 24.9 Å². The first-order chi connectivity index (χ1) is 11.8. The predicted molar refractivity (Wildman–Crippen MR) is 94.2 cm³/mol. The lowest BCUT2D eigenvalue weighted by Gasteiger charge is -2.34. The minimum absolute atomic E-state index is 0.0906. The number of likely N-dealkylation sites (tertiary alicyclic amines) is 1. The topological polar surface area (TPSA) is 86.7 Å². The van der Waals surface area contributed by atoms with Crippen molar-refractivity contribution in [3.8, 4) is 0 Å². The van der Waals surface area contributed by atoms with Crippen molar-refractivity contribution in [2.75, 3.05) is 13.1 Å². The first-order valence-electron chi connectivity index (χ1n) is 8.68. The maximum Gasteiger partial charge on any atom is 0.308 e. The second kappa shape index (κ2) is 8.14. The van der Waals surface area contributed by atoms with Crippen LogP contribution in [0.1, 0.15) is 42.6 Å². The highest BCUT2D eigenvalue weighted by Gasteiger charge is 2.33. The van der Waals surface area contributed by atoms with Crippen LogP contribution in [-0.4, -0.2) is 46.9 Å². The molecule has 1 fully saturated rings. The van der Waals surface area contributed by atoms with Crippen LogP contribution in [0.25, 0.3) is 0 Å². The van der Waals surface area contributed by atoms with Gasteiger partial charge >= 0.3 is 5.97 Å². The normalized spacial score (nSPS) is 18.7. The molecular formula is C19H26N2O4. The van der Waals surface area contributed by atoms with Crippen molar-refractivity contribution in [3.05, 3.63) is 35.4 Å². The number of aliphatic carboxylic acids is 1. The Balaban J connectivity index is 2.08. The molecule has 1 aliphatic rings. The quantitative estimate of drug-likeness (QED) is 0.854. The smallest absolute Gasteiger partial charge is 0.308 e. The number of piperidine rings is 1. The Kier molecular flexibility index (Phi) is 6.17. The molecule has 1 saturated heterocycles. The van der Waals surface area contributed by atoms with Crippen LogP contribution in [0.15, 0.2) is 24.3 Å². The molecule has 2 amide bonds. The van der Waals surface area contributed by atoms with E-state index in [0.717, 1.165) is 5.56 Å². The average Bonchev–Trinajstić information content (AvgIpc) is 2.59. The van der Waals surface area contributed by atoms with Gasteiger partial charge in [0.1, 0.15) is 6.04 Å². The minimum atomic E-state index is -0.873. The van der Waals surface area contributed by atoms with E-state index in [1.54, 1.807) is 17.0 Å². The number of carbonyl (C=O) groups is 3. The fourth-order valence-electron chi connectivity index (χ4n) is 3.02. The van der Waals surface area contributed by atoms with Gasteiger partial charge in [-0.2, -0.15) is 0 Å². The van der Waals surface area contributed by atoms with Crippen molar-refractivity contribution in [3.63, 3.8) is 0 Å². The third kappa shape index (κ3) is 4.81. The van der Waals surface area contributed by atoms with E-state index in [1.807, 2.05) is 32.9 Å². The lowest BCUT2D eigenvalue weighted by atomic mass is 9.95. The van der Waals surface area contributed by atoms with E-state index in [4.69, 9.17) is 0 Å². The van der Waals surface area contributed by atoms with Crippen molar-refractivity contribution >= 4 is 17.8 Å². The monoisotopic (exact) mass is 346 g/mol. The van der Waals surface area contributed by atoms with Crippen LogP contribution < -0.4 is 5.32 Å². The molecule has 1 heterocycles. The number of nitrogens with one attached hydrogen (secondary N) is 1. The van der Waals surface area contributed by atoms with E-state index < -0.39 is 17.9 Å². The molecule has 1 aliphatic heterocycles. The molecule has 0 spiro atoms. The zero-order chi connectivity index (χ0) is 18.6. The first kappa shape index (κ1) is 19.0. The summed E-state index contributed by atoms with van der Waals surface area (Å²) in [6, 6.07) is 6.50. The fourth-order valence-corrected chi connectivity index (χ4v) is 3.02. The number of carboxylic acid groups (broad SMARTS) is 1. The maximum absolute atomic E-state index is 12.8. The molecule has 1 aromatic carbocycles. The molecule has 6 heteroatoms. The summed E-state index contributed by atoms with van der Waals surface area (Å²) in [6.07, 6.45) is 1.25. The summed E-state index contributed by atoms with van der Waals surface area (Å²) < 4.78 is 0. The third-order valence-electron chi connectivity index (χ3n) is 4.62. The van der Waals surface area contributed by atoms with Gasteiger partial charge in [0, 0.05) is 18.7 Å². The first-order valence-corrected chi connectivity index (χ1v) is 8.68. The summed E-state index contributed by atoms with van der Waals surface area (Å²) >= 11 is 0. The summed E-state index contributed by atoms with van der Waals surface area (Å²) in [7, 11) is 0. The van der Waals surface area contributed by atoms with Gasteiger partial charge in [0.15, 0.2) is 0 Å². The Morgan fingerprint density at radius 3 is 2.40 bits per heavy atom. The highest BCUT2D eigenvalue weighted by atomic mass is 16.4. The zero-order valence-electron chi connectivity index (χ0n) is 15.0. The highest BCUT2D eigenvalue weighted by molar-refractivity contribution is 5.97. The summed E-state index contributed by atoms with van der Waals surface area (Å²) in [5.41, 5.74) is 1.56. The maximum atomic E-state index is 12.8. The van der Waals surface area contributed by atoms with Crippen LogP contribution in [0, 0.1) is 18.8 Å². The Bertz CT molecular complexity index is 639. The lowest BCUT2D eigenvalue weighted by molar-refractivity contribution is -0.146. The molecule has 0 bridgehead atoms. The van der Waals surface area contributed by atoms with Gasteiger partial charge in [0.05, 0.1) is 5.92 Å². The lowest BCUT2D eigenvalue weighted by Crippen LogP contribution is -2.54. The highest BCUT2D eigenvalue weighted by Crippen LogP contribution is 2.19. The van der Waals surface area contributed by atoms with Crippen LogP contribution in [-0.2, 0) is 9.59 Å². The van der Waals surface area contributed by atoms with Gasteiger partial charge in [-0.15, -0.1) is 0 Å². The summed E-state index contributed by atoms with van der Waals surface area (Å²) in [6.45, 7) is 6.43. The van der Waals surface area contributed by atoms with Crippen LogP contribution in [0.3, 0.4) is 0 Å². The standard InChI is InChI=1S/C19H26N2O4/c1-12(2)16(20-17(22)14-8-6-13(3)7-9-14)18(23)21-10-4-5-15(11-21)19(24)25/h6-9,12,15-16H,4-5,10-11H2,1-3H3,(H,20,22)(H,24,25)/t15-,16?/m0/s1. The summed E-state index contributed by atoms with van der Waals surface area (Å²) in [5.74, 6) is -1.99. The van der Waals surface area contributed by atoms with Gasteiger partial charge in [-0.3, -0.25) is 14.4 Å². The number of carboxylic acids is 1. The van der Waals surface area contributed by atoms with Crippen molar-refractivity contribution < 1.29 is 19.5 Å². The van der Waals surface area contributed by atoms with Crippen LogP contribution in [0.4, 0.5) is 0 Å². The van der Waals surface area contributed by atoms with Gasteiger partial charge in [-0.1, -0.05) is 31.5 Å². The van der Waals surface area contributed by atoms with E-state index >= 15 is 0 Å². The number of amides is 2. The van der Waals surface area contributed by atoms with E-state index in [2.05, 4.69) is 5.32 Å². The molecule has 1 aromatic rings. The summed E-state index contributed by atoms with van der Waals surface area (Å²) in [5, 5.41) is 12.0. The third-order valence-corrected chi connectivity index (χ3v) is 4.62. The Morgan fingerprint density at radius 2 is 1.84 bits per heavy atom. The van der Waals surface area contributed by atoms with Crippen molar-refractivity contribution in [2.24, 2.45) is 11.8 Å². The van der Waals surface area contributed by atoms with Gasteiger partial charge in [0.25, 0.3) is 5.91 Å². The van der Waals surface area contributed by atoms with E-state index in [9.17, 15) is 19.5 Å². The molecule has 0 aromatic heterocycles. The molecule has 0 radical (unpaired) electrons. The predicted octanol–water partition coefficient (Wildman–Crippen LogP) is 2.07. The summed E-state index contributed by atoms with van der Waals surface area (Å²) in [4.78, 5) is 38.1. The number of hydrogen-bond donors (Lipinski definition) is 2. The molecule has 1 unspecified atom stereocenters. The number of carbonyl (C=O) groups excluding carboxylic acids is 2. The van der Waals surface area contributed by atoms with E-state index in [1.165, 1.54) is 0 Å². The number of aryl methyl sites for hydroxylation is 1. The zero-order valence-corrected chi connectivity index (χ0v) is 15.0. The minimum Gasteiger partial charge on any atom is -0.481 e. The van der Waals surface area contributed by atoms with Gasteiger partial charge in [-0.25, -0.2) is 0 Å². The number of nitrogens with zero attached hydrogens (tertiary/aromatic N) is 1. The molecule has 6 nitrogen and oxygen atoms in total. The number of benzene rings is 1. The molecule has 0 aliphatic carbocycles. The van der Waals surface area contributed by atoms with Gasteiger partial charge in [-0.05, 0) is 37.8 Å². The SMILES string of the molecule is Cc1ccc(C(=O)NC(C(=O)N2CCC[C@H](C(=O)O)C2)C(C)C)cc1. The van der Waals surface area contributed by atoms with Crippen molar-refractivity contribution in [1.29, 1.82) is 0 Å². The number of rotatable bonds is 5. The number of hydrogen-bond acceptors (Lipinski definition) is 3. The molecule has 2 N–H and O–H groups in total. The average molecular weight is 346 g/mol. The van der Waals surface area contributed by atoms with Crippen LogP contribution in [0.5, 0.6) is 0 Å². The van der Waals surface area contributed by atoms with Crippen molar-refractivity contribution in [2.45, 2.75) is 39.7 Å². The van der Waals surface area contributed by atoms with Crippen LogP contribution in [0.2, 0.25) is 0 Å². The second-order valence-corrected chi connectivity index (χ2v) is 7.02. The Hall–Kier alpha value is -2.37. The molecule has 2 rings (SSSR count). The van der Waals surface area contributed by atoms with E-state index in [-0.39, 0.29) is 24.3 Å². The second-order valence-electron chi connectivity index (χ2n) is 7.02. The molecule has 2 atom stereocenters. The molecule has 136 valence electrons. The largest absolute Gasteiger partial charge is 0.481 e. The van der Waals surface area contributed by atoms with Crippen molar-refractivity contribution in [1.82, 2.24) is 10.2 Å². The van der Waals surface area contributed by atoms with Crippen LogP contribution >= 0.6 is 0 Å². The molecule has 0 saturated carbocycles. The Morgan fingerprint density at radius 1 is 1.20 bits per heavy atom. The van der Waals surface area contributed by atoms with Gasteiger partial charge < -0.3 is 15.3 Å².